The fraction of sp³-hybridized carbons (Fsp3) is 0.765. The number of guanidine groups is 1. The standard InChI is InChI=1S/C17H28N4O.HI/c1-3-15-9-16(22-20-15)10-19-17(18-4-2)21-11-13-7-5-6-8-14(13)12-21;/h9,13-14H,3-8,10-12H2,1-2H3,(H,18,19);1H. The molecule has 2 fully saturated rings. The smallest absolute Gasteiger partial charge is 0.194 e. The molecule has 2 heterocycles. The zero-order chi connectivity index (χ0) is 15.4. The van der Waals surface area contributed by atoms with Gasteiger partial charge in [0.25, 0.3) is 0 Å². The molecule has 2 unspecified atom stereocenters. The lowest BCUT2D eigenvalue weighted by Gasteiger charge is -2.22. The Hall–Kier alpha value is -0.790. The average Bonchev–Trinajstić information content (AvgIpc) is 3.17. The van der Waals surface area contributed by atoms with Crippen LogP contribution in [0.2, 0.25) is 0 Å². The topological polar surface area (TPSA) is 53.7 Å². The van der Waals surface area contributed by atoms with Gasteiger partial charge >= 0.3 is 0 Å². The fourth-order valence-corrected chi connectivity index (χ4v) is 3.75. The first-order chi connectivity index (χ1) is 10.8. The summed E-state index contributed by atoms with van der Waals surface area (Å²) in [7, 11) is 0. The van der Waals surface area contributed by atoms with Crippen molar-refractivity contribution in [2.24, 2.45) is 16.8 Å². The van der Waals surface area contributed by atoms with Crippen LogP contribution in [0.25, 0.3) is 0 Å². The first-order valence-corrected chi connectivity index (χ1v) is 8.77. The molecule has 0 spiro atoms. The van der Waals surface area contributed by atoms with Gasteiger partial charge in [-0.15, -0.1) is 24.0 Å². The second kappa shape index (κ2) is 8.89. The van der Waals surface area contributed by atoms with Crippen LogP contribution in [0.3, 0.4) is 0 Å². The lowest BCUT2D eigenvalue weighted by molar-refractivity contribution is 0.299. The second-order valence-electron chi connectivity index (χ2n) is 6.52. The van der Waals surface area contributed by atoms with Gasteiger partial charge < -0.3 is 14.7 Å². The highest BCUT2D eigenvalue weighted by Crippen LogP contribution is 2.35. The summed E-state index contributed by atoms with van der Waals surface area (Å²) >= 11 is 0. The minimum atomic E-state index is 0. The van der Waals surface area contributed by atoms with Crippen molar-refractivity contribution in [3.63, 3.8) is 0 Å². The molecule has 1 saturated carbocycles. The molecule has 0 bridgehead atoms. The first-order valence-electron chi connectivity index (χ1n) is 8.77. The van der Waals surface area contributed by atoms with Crippen LogP contribution in [0, 0.1) is 11.8 Å². The lowest BCUT2D eigenvalue weighted by Crippen LogP contribution is -2.40. The Labute approximate surface area is 156 Å². The van der Waals surface area contributed by atoms with E-state index < -0.39 is 0 Å². The van der Waals surface area contributed by atoms with Gasteiger partial charge in [-0.05, 0) is 38.0 Å². The van der Waals surface area contributed by atoms with E-state index in [0.29, 0.717) is 6.54 Å². The quantitative estimate of drug-likeness (QED) is 0.450. The van der Waals surface area contributed by atoms with Crippen molar-refractivity contribution in [2.45, 2.75) is 52.5 Å². The third kappa shape index (κ3) is 4.61. The predicted octanol–water partition coefficient (Wildman–Crippen LogP) is 3.44. The molecule has 3 rings (SSSR count). The van der Waals surface area contributed by atoms with Gasteiger partial charge in [0.2, 0.25) is 0 Å². The van der Waals surface area contributed by atoms with Crippen molar-refractivity contribution in [3.05, 3.63) is 17.5 Å². The number of aliphatic imine (C=N–C) groups is 1. The fourth-order valence-electron chi connectivity index (χ4n) is 3.75. The molecule has 2 atom stereocenters. The molecule has 0 amide bonds. The average molecular weight is 432 g/mol. The molecule has 0 radical (unpaired) electrons. The maximum absolute atomic E-state index is 5.34. The van der Waals surface area contributed by atoms with Gasteiger partial charge in [-0.2, -0.15) is 0 Å². The summed E-state index contributed by atoms with van der Waals surface area (Å²) in [5.74, 6) is 3.62. The van der Waals surface area contributed by atoms with E-state index in [4.69, 9.17) is 9.52 Å². The van der Waals surface area contributed by atoms with Gasteiger partial charge in [-0.25, -0.2) is 4.99 Å². The maximum atomic E-state index is 5.34. The lowest BCUT2D eigenvalue weighted by atomic mass is 9.82. The van der Waals surface area contributed by atoms with E-state index in [0.717, 1.165) is 55.3 Å². The van der Waals surface area contributed by atoms with E-state index >= 15 is 0 Å². The van der Waals surface area contributed by atoms with Gasteiger partial charge in [0.15, 0.2) is 11.7 Å². The Morgan fingerprint density at radius 2 is 2.00 bits per heavy atom. The van der Waals surface area contributed by atoms with E-state index in [1.165, 1.54) is 25.7 Å². The molecule has 1 aromatic rings. The summed E-state index contributed by atoms with van der Waals surface area (Å²) in [4.78, 5) is 7.21. The molecule has 130 valence electrons. The summed E-state index contributed by atoms with van der Waals surface area (Å²) in [6, 6.07) is 2.01. The van der Waals surface area contributed by atoms with Crippen molar-refractivity contribution in [2.75, 3.05) is 19.6 Å². The molecular formula is C17H29IN4O. The number of aromatic nitrogens is 1. The van der Waals surface area contributed by atoms with Crippen LogP contribution in [0.15, 0.2) is 15.6 Å². The van der Waals surface area contributed by atoms with Crippen molar-refractivity contribution in [3.8, 4) is 0 Å². The molecule has 6 heteroatoms. The highest BCUT2D eigenvalue weighted by molar-refractivity contribution is 14.0. The van der Waals surface area contributed by atoms with Gasteiger partial charge in [0, 0.05) is 25.7 Å². The minimum absolute atomic E-state index is 0. The van der Waals surface area contributed by atoms with E-state index in [2.05, 4.69) is 29.2 Å². The number of aryl methyl sites for hydroxylation is 1. The molecule has 1 aliphatic carbocycles. The van der Waals surface area contributed by atoms with Crippen molar-refractivity contribution in [1.29, 1.82) is 0 Å². The normalized spacial score (nSPS) is 24.3. The van der Waals surface area contributed by atoms with Crippen LogP contribution >= 0.6 is 24.0 Å². The highest BCUT2D eigenvalue weighted by Gasteiger charge is 2.35. The van der Waals surface area contributed by atoms with Crippen LogP contribution in [0.4, 0.5) is 0 Å². The van der Waals surface area contributed by atoms with E-state index in [1.54, 1.807) is 0 Å². The Morgan fingerprint density at radius 1 is 1.30 bits per heavy atom. The summed E-state index contributed by atoms with van der Waals surface area (Å²) in [5.41, 5.74) is 1.00. The molecule has 23 heavy (non-hydrogen) atoms. The largest absolute Gasteiger partial charge is 0.359 e. The SMILES string of the molecule is CCNC(=NCc1cc(CC)no1)N1CC2CCCCC2C1.I. The molecule has 2 aliphatic rings. The summed E-state index contributed by atoms with van der Waals surface area (Å²) in [6.45, 7) is 8.01. The van der Waals surface area contributed by atoms with Gasteiger partial charge in [-0.3, -0.25) is 0 Å². The summed E-state index contributed by atoms with van der Waals surface area (Å²) in [5, 5.41) is 7.48. The molecule has 1 saturated heterocycles. The maximum Gasteiger partial charge on any atom is 0.194 e. The summed E-state index contributed by atoms with van der Waals surface area (Å²) < 4.78 is 5.34. The first kappa shape index (κ1) is 18.5. The number of fused-ring (bicyclic) bond motifs is 1. The third-order valence-corrected chi connectivity index (χ3v) is 4.97. The second-order valence-corrected chi connectivity index (χ2v) is 6.52. The van der Waals surface area contributed by atoms with E-state index in [1.807, 2.05) is 6.07 Å². The number of likely N-dealkylation sites (tertiary alicyclic amines) is 1. The molecule has 1 N–H and O–H groups in total. The zero-order valence-corrected chi connectivity index (χ0v) is 16.6. The van der Waals surface area contributed by atoms with Gasteiger partial charge in [0.05, 0.1) is 5.69 Å². The number of hydrogen-bond donors (Lipinski definition) is 1. The van der Waals surface area contributed by atoms with Crippen molar-refractivity contribution >= 4 is 29.9 Å². The van der Waals surface area contributed by atoms with Crippen molar-refractivity contribution in [1.82, 2.24) is 15.4 Å². The number of halogens is 1. The van der Waals surface area contributed by atoms with E-state index in [9.17, 15) is 0 Å². The Morgan fingerprint density at radius 3 is 2.57 bits per heavy atom. The van der Waals surface area contributed by atoms with Crippen molar-refractivity contribution < 1.29 is 4.52 Å². The Kier molecular flexibility index (Phi) is 7.17. The van der Waals surface area contributed by atoms with Crippen LogP contribution in [0.1, 0.15) is 51.0 Å². The van der Waals surface area contributed by atoms with Gasteiger partial charge in [-0.1, -0.05) is 24.9 Å². The van der Waals surface area contributed by atoms with Crippen LogP contribution in [-0.4, -0.2) is 35.7 Å². The Bertz CT molecular complexity index is 502. The highest BCUT2D eigenvalue weighted by atomic mass is 127. The number of nitrogens with one attached hydrogen (secondary N) is 1. The number of hydrogen-bond acceptors (Lipinski definition) is 3. The monoisotopic (exact) mass is 432 g/mol. The predicted molar refractivity (Wildman–Crippen MR) is 103 cm³/mol. The van der Waals surface area contributed by atoms with Crippen LogP contribution in [-0.2, 0) is 13.0 Å². The third-order valence-electron chi connectivity index (χ3n) is 4.97. The molecule has 0 aromatic carbocycles. The van der Waals surface area contributed by atoms with E-state index in [-0.39, 0.29) is 24.0 Å². The minimum Gasteiger partial charge on any atom is -0.359 e. The van der Waals surface area contributed by atoms with Crippen LogP contribution in [0.5, 0.6) is 0 Å². The number of rotatable bonds is 4. The molecule has 1 aromatic heterocycles. The molecule has 1 aliphatic heterocycles. The molecule has 5 nitrogen and oxygen atoms in total. The number of nitrogens with zero attached hydrogens (tertiary/aromatic N) is 3. The van der Waals surface area contributed by atoms with Crippen LogP contribution < -0.4 is 5.32 Å². The zero-order valence-electron chi connectivity index (χ0n) is 14.3. The summed E-state index contributed by atoms with van der Waals surface area (Å²) in [6.07, 6.45) is 6.49. The van der Waals surface area contributed by atoms with Gasteiger partial charge in [0.1, 0.15) is 6.54 Å². The Balaban J connectivity index is 0.00000192. The molecular weight excluding hydrogens is 403 g/mol.